The smallest absolute Gasteiger partial charge is 0.141 e. The van der Waals surface area contributed by atoms with E-state index in [0.717, 1.165) is 17.1 Å². The van der Waals surface area contributed by atoms with E-state index in [2.05, 4.69) is 20.9 Å². The normalized spacial score (nSPS) is 11.6. The van der Waals surface area contributed by atoms with Crippen molar-refractivity contribution in [1.29, 1.82) is 0 Å². The van der Waals surface area contributed by atoms with Crippen molar-refractivity contribution in [3.8, 4) is 5.75 Å². The van der Waals surface area contributed by atoms with Gasteiger partial charge in [0.25, 0.3) is 0 Å². The summed E-state index contributed by atoms with van der Waals surface area (Å²) in [6.45, 7) is 9.19. The Hall–Kier alpha value is -0.610. The van der Waals surface area contributed by atoms with E-state index in [9.17, 15) is 0 Å². The van der Waals surface area contributed by atoms with E-state index in [1.807, 2.05) is 39.8 Å². The van der Waals surface area contributed by atoms with Gasteiger partial charge in [-0.3, -0.25) is 4.98 Å². The number of alkyl halides is 1. The van der Waals surface area contributed by atoms with Crippen LogP contribution >= 0.6 is 15.9 Å². The first kappa shape index (κ1) is 14.5. The second-order valence-electron chi connectivity index (χ2n) is 4.84. The minimum atomic E-state index is -0.118. The van der Waals surface area contributed by atoms with E-state index in [1.165, 1.54) is 0 Å². The predicted molar refractivity (Wildman–Crippen MR) is 72.8 cm³/mol. The maximum absolute atomic E-state index is 5.66. The number of rotatable bonds is 5. The molecule has 1 aromatic rings. The number of pyridine rings is 1. The van der Waals surface area contributed by atoms with Crippen LogP contribution in [-0.4, -0.2) is 23.8 Å². The standard InChI is InChI=1S/C13H20BrNO2/c1-10-5-6-12(11(9-14)15-10)16-7-8-17-13(2,3)4/h5-6H,7-9H2,1-4H3. The summed E-state index contributed by atoms with van der Waals surface area (Å²) in [7, 11) is 0. The summed E-state index contributed by atoms with van der Waals surface area (Å²) >= 11 is 3.41. The highest BCUT2D eigenvalue weighted by molar-refractivity contribution is 9.08. The van der Waals surface area contributed by atoms with Gasteiger partial charge >= 0.3 is 0 Å². The van der Waals surface area contributed by atoms with Crippen LogP contribution in [0, 0.1) is 6.92 Å². The van der Waals surface area contributed by atoms with Crippen molar-refractivity contribution in [1.82, 2.24) is 4.98 Å². The summed E-state index contributed by atoms with van der Waals surface area (Å²) in [5.41, 5.74) is 1.81. The van der Waals surface area contributed by atoms with Crippen molar-refractivity contribution in [2.45, 2.75) is 38.6 Å². The van der Waals surface area contributed by atoms with Gasteiger partial charge in [0, 0.05) is 11.0 Å². The molecule has 17 heavy (non-hydrogen) atoms. The SMILES string of the molecule is Cc1ccc(OCCOC(C)(C)C)c(CBr)n1. The molecule has 1 aromatic heterocycles. The molecule has 0 aromatic carbocycles. The Kier molecular flexibility index (Phi) is 5.40. The summed E-state index contributed by atoms with van der Waals surface area (Å²) in [4.78, 5) is 4.41. The molecule has 0 aliphatic heterocycles. The number of nitrogens with zero attached hydrogens (tertiary/aromatic N) is 1. The lowest BCUT2D eigenvalue weighted by Gasteiger charge is -2.19. The zero-order valence-electron chi connectivity index (χ0n) is 10.9. The van der Waals surface area contributed by atoms with Crippen LogP contribution in [0.5, 0.6) is 5.75 Å². The van der Waals surface area contributed by atoms with E-state index >= 15 is 0 Å². The molecule has 0 aliphatic rings. The first-order chi connectivity index (χ1) is 7.92. The highest BCUT2D eigenvalue weighted by atomic mass is 79.9. The van der Waals surface area contributed by atoms with Crippen molar-refractivity contribution in [2.24, 2.45) is 0 Å². The summed E-state index contributed by atoms with van der Waals surface area (Å²) < 4.78 is 11.3. The van der Waals surface area contributed by atoms with Gasteiger partial charge in [0.15, 0.2) is 0 Å². The fraction of sp³-hybridized carbons (Fsp3) is 0.615. The van der Waals surface area contributed by atoms with Crippen molar-refractivity contribution >= 4 is 15.9 Å². The Morgan fingerprint density at radius 1 is 1.24 bits per heavy atom. The Balaban J connectivity index is 2.46. The largest absolute Gasteiger partial charge is 0.489 e. The fourth-order valence-electron chi connectivity index (χ4n) is 1.32. The number of ether oxygens (including phenoxy) is 2. The molecule has 0 fully saturated rings. The minimum Gasteiger partial charge on any atom is -0.489 e. The molecule has 1 rings (SSSR count). The fourth-order valence-corrected chi connectivity index (χ4v) is 1.73. The molecule has 0 unspecified atom stereocenters. The quantitative estimate of drug-likeness (QED) is 0.616. The Labute approximate surface area is 112 Å². The van der Waals surface area contributed by atoms with Crippen LogP contribution < -0.4 is 4.74 Å². The number of aryl methyl sites for hydroxylation is 1. The molecule has 0 bridgehead atoms. The van der Waals surface area contributed by atoms with E-state index in [4.69, 9.17) is 9.47 Å². The van der Waals surface area contributed by atoms with Gasteiger partial charge in [0.05, 0.1) is 17.9 Å². The molecule has 0 N–H and O–H groups in total. The van der Waals surface area contributed by atoms with Gasteiger partial charge in [0.1, 0.15) is 12.4 Å². The molecule has 4 heteroatoms. The molecule has 0 amide bonds. The number of hydrogen-bond acceptors (Lipinski definition) is 3. The van der Waals surface area contributed by atoms with Crippen molar-refractivity contribution in [2.75, 3.05) is 13.2 Å². The Morgan fingerprint density at radius 2 is 1.94 bits per heavy atom. The minimum absolute atomic E-state index is 0.118. The van der Waals surface area contributed by atoms with Crippen LogP contribution in [0.15, 0.2) is 12.1 Å². The molecule has 0 saturated heterocycles. The van der Waals surface area contributed by atoms with Gasteiger partial charge in [-0.15, -0.1) is 0 Å². The van der Waals surface area contributed by atoms with Crippen LogP contribution in [0.4, 0.5) is 0 Å². The molecule has 0 spiro atoms. The van der Waals surface area contributed by atoms with Crippen LogP contribution in [0.25, 0.3) is 0 Å². The topological polar surface area (TPSA) is 31.4 Å². The van der Waals surface area contributed by atoms with E-state index in [1.54, 1.807) is 0 Å². The molecule has 0 saturated carbocycles. The van der Waals surface area contributed by atoms with E-state index in [0.29, 0.717) is 18.5 Å². The van der Waals surface area contributed by atoms with Gasteiger partial charge < -0.3 is 9.47 Å². The lowest BCUT2D eigenvalue weighted by molar-refractivity contribution is -0.0164. The highest BCUT2D eigenvalue weighted by Crippen LogP contribution is 2.19. The molecule has 96 valence electrons. The van der Waals surface area contributed by atoms with Crippen LogP contribution in [0.3, 0.4) is 0 Å². The monoisotopic (exact) mass is 301 g/mol. The average molecular weight is 302 g/mol. The maximum atomic E-state index is 5.66. The van der Waals surface area contributed by atoms with Crippen LogP contribution in [0.1, 0.15) is 32.2 Å². The average Bonchev–Trinajstić information content (AvgIpc) is 2.24. The number of aromatic nitrogens is 1. The Morgan fingerprint density at radius 3 is 2.53 bits per heavy atom. The third-order valence-corrected chi connectivity index (χ3v) is 2.61. The van der Waals surface area contributed by atoms with Gasteiger partial charge in [-0.05, 0) is 39.8 Å². The Bertz CT molecular complexity index is 361. The van der Waals surface area contributed by atoms with E-state index in [-0.39, 0.29) is 5.60 Å². The maximum Gasteiger partial charge on any atom is 0.141 e. The van der Waals surface area contributed by atoms with Crippen LogP contribution in [-0.2, 0) is 10.1 Å². The van der Waals surface area contributed by atoms with Gasteiger partial charge in [0.2, 0.25) is 0 Å². The van der Waals surface area contributed by atoms with Crippen molar-refractivity contribution in [3.63, 3.8) is 0 Å². The summed E-state index contributed by atoms with van der Waals surface area (Å²) in [6.07, 6.45) is 0. The molecule has 0 radical (unpaired) electrons. The van der Waals surface area contributed by atoms with Crippen molar-refractivity contribution < 1.29 is 9.47 Å². The summed E-state index contributed by atoms with van der Waals surface area (Å²) in [5.74, 6) is 0.824. The zero-order chi connectivity index (χ0) is 12.9. The molecule has 0 aliphatic carbocycles. The first-order valence-corrected chi connectivity index (χ1v) is 6.84. The predicted octanol–water partition coefficient (Wildman–Crippen LogP) is 3.48. The molecule has 3 nitrogen and oxygen atoms in total. The second-order valence-corrected chi connectivity index (χ2v) is 5.40. The van der Waals surface area contributed by atoms with Gasteiger partial charge in [-0.1, -0.05) is 15.9 Å². The van der Waals surface area contributed by atoms with Crippen LogP contribution in [0.2, 0.25) is 0 Å². The number of halogens is 1. The molecular weight excluding hydrogens is 282 g/mol. The molecular formula is C13H20BrNO2. The third-order valence-electron chi connectivity index (χ3n) is 2.07. The summed E-state index contributed by atoms with van der Waals surface area (Å²) in [5, 5.41) is 0.699. The summed E-state index contributed by atoms with van der Waals surface area (Å²) in [6, 6.07) is 3.90. The van der Waals surface area contributed by atoms with Gasteiger partial charge in [-0.2, -0.15) is 0 Å². The third kappa shape index (κ3) is 5.50. The van der Waals surface area contributed by atoms with Gasteiger partial charge in [-0.25, -0.2) is 0 Å². The highest BCUT2D eigenvalue weighted by Gasteiger charge is 2.10. The van der Waals surface area contributed by atoms with E-state index < -0.39 is 0 Å². The lowest BCUT2D eigenvalue weighted by atomic mass is 10.2. The zero-order valence-corrected chi connectivity index (χ0v) is 12.5. The second kappa shape index (κ2) is 6.36. The molecule has 1 heterocycles. The van der Waals surface area contributed by atoms with Crippen molar-refractivity contribution in [3.05, 3.63) is 23.5 Å². The number of hydrogen-bond donors (Lipinski definition) is 0. The first-order valence-electron chi connectivity index (χ1n) is 5.71. The lowest BCUT2D eigenvalue weighted by Crippen LogP contribution is -2.22. The molecule has 0 atom stereocenters.